The van der Waals surface area contributed by atoms with E-state index in [1.54, 1.807) is 6.07 Å². The zero-order chi connectivity index (χ0) is 15.2. The van der Waals surface area contributed by atoms with Crippen molar-refractivity contribution in [3.05, 3.63) is 35.9 Å². The van der Waals surface area contributed by atoms with E-state index in [2.05, 4.69) is 15.6 Å². The molecule has 6 heteroatoms. The van der Waals surface area contributed by atoms with Gasteiger partial charge in [0.2, 0.25) is 5.91 Å². The maximum absolute atomic E-state index is 11.6. The van der Waals surface area contributed by atoms with Gasteiger partial charge in [-0.1, -0.05) is 37.3 Å². The number of benzene rings is 1. The molecule has 1 heterocycles. The van der Waals surface area contributed by atoms with Crippen molar-refractivity contribution in [1.29, 1.82) is 0 Å². The van der Waals surface area contributed by atoms with Crippen LogP contribution < -0.4 is 16.4 Å². The van der Waals surface area contributed by atoms with Crippen LogP contribution in [0.5, 0.6) is 0 Å². The lowest BCUT2D eigenvalue weighted by molar-refractivity contribution is -0.119. The number of amides is 1. The van der Waals surface area contributed by atoms with Crippen molar-refractivity contribution >= 4 is 39.8 Å². The van der Waals surface area contributed by atoms with E-state index < -0.39 is 0 Å². The average molecular weight is 302 g/mol. The number of hydrogen-bond acceptors (Lipinski definition) is 4. The standard InChI is InChI=1S/C15H18N4OS/c1-2-7-17-14(20)9-18-13-8-11(15(16)21)10-5-3-4-6-12(10)19-13/h3-6,8H,2,7,9H2,1H3,(H2,16,21)(H,17,20)(H,18,19). The quantitative estimate of drug-likeness (QED) is 0.709. The summed E-state index contributed by atoms with van der Waals surface area (Å²) in [5.74, 6) is 0.520. The van der Waals surface area contributed by atoms with E-state index in [9.17, 15) is 4.79 Å². The third-order valence-corrected chi connectivity index (χ3v) is 3.20. The summed E-state index contributed by atoms with van der Waals surface area (Å²) in [5, 5.41) is 6.71. The molecule has 0 saturated carbocycles. The summed E-state index contributed by atoms with van der Waals surface area (Å²) in [6, 6.07) is 9.40. The zero-order valence-electron chi connectivity index (χ0n) is 11.8. The Bertz CT molecular complexity index is 672. The Morgan fingerprint density at radius 2 is 2.14 bits per heavy atom. The van der Waals surface area contributed by atoms with Crippen LogP contribution in [0.1, 0.15) is 18.9 Å². The van der Waals surface area contributed by atoms with Crippen LogP contribution in [0.25, 0.3) is 10.9 Å². The largest absolute Gasteiger partial charge is 0.389 e. The number of nitrogens with two attached hydrogens (primary N) is 1. The Labute approximate surface area is 128 Å². The summed E-state index contributed by atoms with van der Waals surface area (Å²) in [5.41, 5.74) is 7.31. The Morgan fingerprint density at radius 3 is 2.86 bits per heavy atom. The van der Waals surface area contributed by atoms with Crippen molar-refractivity contribution in [3.63, 3.8) is 0 Å². The molecule has 2 rings (SSSR count). The number of anilines is 1. The SMILES string of the molecule is CCCNC(=O)CNc1cc(C(N)=S)c2ccccc2n1. The van der Waals surface area contributed by atoms with Gasteiger partial charge in [-0.2, -0.15) is 0 Å². The number of nitrogens with zero attached hydrogens (tertiary/aromatic N) is 1. The molecule has 1 aromatic carbocycles. The highest BCUT2D eigenvalue weighted by atomic mass is 32.1. The van der Waals surface area contributed by atoms with Crippen LogP contribution in [0.3, 0.4) is 0 Å². The molecule has 0 aliphatic rings. The number of thiocarbonyl (C=S) groups is 1. The second-order valence-electron chi connectivity index (χ2n) is 4.64. The maximum atomic E-state index is 11.6. The fraction of sp³-hybridized carbons (Fsp3) is 0.267. The van der Waals surface area contributed by atoms with Gasteiger partial charge in [0.1, 0.15) is 10.8 Å². The van der Waals surface area contributed by atoms with Gasteiger partial charge < -0.3 is 16.4 Å². The molecule has 0 spiro atoms. The van der Waals surface area contributed by atoms with Crippen molar-refractivity contribution in [2.24, 2.45) is 5.73 Å². The Hall–Kier alpha value is -2.21. The highest BCUT2D eigenvalue weighted by Gasteiger charge is 2.08. The molecule has 0 bridgehead atoms. The van der Waals surface area contributed by atoms with Crippen LogP contribution in [-0.2, 0) is 4.79 Å². The van der Waals surface area contributed by atoms with Crippen LogP contribution in [0.2, 0.25) is 0 Å². The van der Waals surface area contributed by atoms with Gasteiger partial charge in [-0.3, -0.25) is 4.79 Å². The normalized spacial score (nSPS) is 10.3. The molecule has 0 aliphatic carbocycles. The van der Waals surface area contributed by atoms with Crippen molar-refractivity contribution in [2.45, 2.75) is 13.3 Å². The van der Waals surface area contributed by atoms with Crippen LogP contribution in [0.4, 0.5) is 5.82 Å². The van der Waals surface area contributed by atoms with Crippen molar-refractivity contribution in [2.75, 3.05) is 18.4 Å². The molecular weight excluding hydrogens is 284 g/mol. The number of fused-ring (bicyclic) bond motifs is 1. The van der Waals surface area contributed by atoms with Gasteiger partial charge in [0, 0.05) is 17.5 Å². The topological polar surface area (TPSA) is 80.0 Å². The first-order valence-electron chi connectivity index (χ1n) is 6.82. The summed E-state index contributed by atoms with van der Waals surface area (Å²) < 4.78 is 0. The van der Waals surface area contributed by atoms with Gasteiger partial charge in [0.15, 0.2) is 0 Å². The van der Waals surface area contributed by atoms with Gasteiger partial charge in [-0.15, -0.1) is 0 Å². The first kappa shape index (κ1) is 15.2. The second-order valence-corrected chi connectivity index (χ2v) is 5.08. The molecule has 0 fully saturated rings. The number of pyridine rings is 1. The number of para-hydroxylation sites is 1. The fourth-order valence-electron chi connectivity index (χ4n) is 1.97. The predicted molar refractivity (Wildman–Crippen MR) is 89.4 cm³/mol. The molecule has 0 aliphatic heterocycles. The smallest absolute Gasteiger partial charge is 0.239 e. The lowest BCUT2D eigenvalue weighted by Gasteiger charge is -2.10. The summed E-state index contributed by atoms with van der Waals surface area (Å²) in [6.07, 6.45) is 0.908. The van der Waals surface area contributed by atoms with Gasteiger partial charge in [0.25, 0.3) is 0 Å². The van der Waals surface area contributed by atoms with Crippen molar-refractivity contribution < 1.29 is 4.79 Å². The first-order valence-corrected chi connectivity index (χ1v) is 7.22. The molecule has 5 nitrogen and oxygen atoms in total. The summed E-state index contributed by atoms with van der Waals surface area (Å²) in [7, 11) is 0. The average Bonchev–Trinajstić information content (AvgIpc) is 2.49. The van der Waals surface area contributed by atoms with E-state index in [4.69, 9.17) is 18.0 Å². The Kier molecular flexibility index (Phi) is 5.05. The highest BCUT2D eigenvalue weighted by Crippen LogP contribution is 2.20. The molecule has 0 unspecified atom stereocenters. The molecule has 110 valence electrons. The minimum absolute atomic E-state index is 0.0660. The van der Waals surface area contributed by atoms with E-state index in [-0.39, 0.29) is 12.5 Å². The van der Waals surface area contributed by atoms with Gasteiger partial charge in [0.05, 0.1) is 12.1 Å². The Balaban J connectivity index is 2.21. The molecule has 1 amide bonds. The van der Waals surface area contributed by atoms with E-state index in [1.807, 2.05) is 31.2 Å². The molecule has 4 N–H and O–H groups in total. The number of aromatic nitrogens is 1. The zero-order valence-corrected chi connectivity index (χ0v) is 12.7. The first-order chi connectivity index (χ1) is 10.1. The number of rotatable bonds is 6. The highest BCUT2D eigenvalue weighted by molar-refractivity contribution is 7.80. The predicted octanol–water partition coefficient (Wildman–Crippen LogP) is 1.81. The van der Waals surface area contributed by atoms with E-state index in [0.29, 0.717) is 17.4 Å². The van der Waals surface area contributed by atoms with Gasteiger partial charge in [-0.05, 0) is 18.6 Å². The van der Waals surface area contributed by atoms with Crippen molar-refractivity contribution in [3.8, 4) is 0 Å². The van der Waals surface area contributed by atoms with Crippen LogP contribution >= 0.6 is 12.2 Å². The van der Waals surface area contributed by atoms with Gasteiger partial charge in [-0.25, -0.2) is 4.98 Å². The monoisotopic (exact) mass is 302 g/mol. The Morgan fingerprint density at radius 1 is 1.38 bits per heavy atom. The third kappa shape index (κ3) is 3.88. The second kappa shape index (κ2) is 6.99. The molecule has 21 heavy (non-hydrogen) atoms. The molecule has 0 atom stereocenters. The molecule has 2 aromatic rings. The minimum Gasteiger partial charge on any atom is -0.389 e. The van der Waals surface area contributed by atoms with Crippen LogP contribution in [0.15, 0.2) is 30.3 Å². The summed E-state index contributed by atoms with van der Waals surface area (Å²) in [4.78, 5) is 16.4. The lowest BCUT2D eigenvalue weighted by Crippen LogP contribution is -2.30. The summed E-state index contributed by atoms with van der Waals surface area (Å²) in [6.45, 7) is 2.85. The number of carbonyl (C=O) groups excluding carboxylic acids is 1. The fourth-order valence-corrected chi connectivity index (χ4v) is 2.14. The number of hydrogen-bond donors (Lipinski definition) is 3. The number of nitrogens with one attached hydrogen (secondary N) is 2. The molecule has 1 aromatic heterocycles. The van der Waals surface area contributed by atoms with E-state index in [1.165, 1.54) is 0 Å². The van der Waals surface area contributed by atoms with Crippen LogP contribution in [-0.4, -0.2) is 29.0 Å². The van der Waals surface area contributed by atoms with E-state index >= 15 is 0 Å². The molecule has 0 saturated heterocycles. The third-order valence-electron chi connectivity index (χ3n) is 2.98. The molecule has 0 radical (unpaired) electrons. The van der Waals surface area contributed by atoms with Gasteiger partial charge >= 0.3 is 0 Å². The van der Waals surface area contributed by atoms with Crippen LogP contribution in [0, 0.1) is 0 Å². The lowest BCUT2D eigenvalue weighted by atomic mass is 10.1. The maximum Gasteiger partial charge on any atom is 0.239 e. The summed E-state index contributed by atoms with van der Waals surface area (Å²) >= 11 is 5.09. The van der Waals surface area contributed by atoms with E-state index in [0.717, 1.165) is 22.9 Å². The van der Waals surface area contributed by atoms with Crippen molar-refractivity contribution in [1.82, 2.24) is 10.3 Å². The minimum atomic E-state index is -0.0660. The molecular formula is C15H18N4OS. The number of carbonyl (C=O) groups is 1.